The average molecular weight is 632 g/mol. The van der Waals surface area contributed by atoms with Crippen molar-refractivity contribution in [3.05, 3.63) is 54.0 Å². The second kappa shape index (κ2) is 12.8. The van der Waals surface area contributed by atoms with Crippen LogP contribution in [0.15, 0.2) is 43.1 Å². The summed E-state index contributed by atoms with van der Waals surface area (Å²) in [6.07, 6.45) is 2.65. The Labute approximate surface area is 261 Å². The monoisotopic (exact) mass is 631 g/mol. The maximum atomic E-state index is 15.4. The van der Waals surface area contributed by atoms with Crippen LogP contribution in [0.2, 0.25) is 5.02 Å². The van der Waals surface area contributed by atoms with Crippen molar-refractivity contribution in [3.8, 4) is 26.9 Å². The molecule has 0 spiro atoms. The molecule has 0 radical (unpaired) electrons. The van der Waals surface area contributed by atoms with E-state index in [9.17, 15) is 4.79 Å². The van der Waals surface area contributed by atoms with Gasteiger partial charge in [-0.2, -0.15) is 0 Å². The molecule has 2 atom stereocenters. The molecule has 1 aliphatic rings. The molecule has 0 aliphatic carbocycles. The van der Waals surface area contributed by atoms with Gasteiger partial charge in [-0.15, -0.1) is 16.8 Å². The fourth-order valence-electron chi connectivity index (χ4n) is 4.92. The molecular formula is C31H39ClFN5O4S. The molecule has 1 fully saturated rings. The predicted molar refractivity (Wildman–Crippen MR) is 168 cm³/mol. The van der Waals surface area contributed by atoms with E-state index in [2.05, 4.69) is 40.5 Å². The number of halogens is 2. The number of hydrogen-bond acceptors (Lipinski definition) is 9. The SMILES string of the molecule is C=CCN(c1cc(-c2nnc(-c3cc(F)c(OCC4C(C)OC(C)(C)N4C(=O)OC(C)(C)C)cc3Cl)s2)ccn1)C(C)C. The van der Waals surface area contributed by atoms with Crippen LogP contribution in [0.5, 0.6) is 5.75 Å². The molecule has 1 aromatic carbocycles. The highest BCUT2D eigenvalue weighted by atomic mass is 35.5. The van der Waals surface area contributed by atoms with Crippen molar-refractivity contribution in [2.45, 2.75) is 84.9 Å². The van der Waals surface area contributed by atoms with Crippen molar-refractivity contribution in [1.29, 1.82) is 0 Å². The molecule has 0 N–H and O–H groups in total. The van der Waals surface area contributed by atoms with Gasteiger partial charge in [0.2, 0.25) is 0 Å². The first kappa shape index (κ1) is 32.6. The van der Waals surface area contributed by atoms with Gasteiger partial charge in [-0.05, 0) is 73.6 Å². The minimum atomic E-state index is -0.931. The lowest BCUT2D eigenvalue weighted by Gasteiger charge is -2.35. The van der Waals surface area contributed by atoms with Gasteiger partial charge >= 0.3 is 6.09 Å². The molecule has 43 heavy (non-hydrogen) atoms. The second-order valence-electron chi connectivity index (χ2n) is 12.1. The van der Waals surface area contributed by atoms with Crippen LogP contribution in [0, 0.1) is 5.82 Å². The minimum Gasteiger partial charge on any atom is -0.488 e. The number of ether oxygens (including phenoxy) is 3. The highest BCUT2D eigenvalue weighted by molar-refractivity contribution is 7.18. The van der Waals surface area contributed by atoms with Crippen LogP contribution in [-0.4, -0.2) is 68.8 Å². The van der Waals surface area contributed by atoms with Gasteiger partial charge in [0.15, 0.2) is 11.6 Å². The van der Waals surface area contributed by atoms with Crippen molar-refractivity contribution >= 4 is 34.8 Å². The van der Waals surface area contributed by atoms with Crippen molar-refractivity contribution in [1.82, 2.24) is 20.1 Å². The molecule has 232 valence electrons. The fraction of sp³-hybridized carbons (Fsp3) is 0.484. The largest absolute Gasteiger partial charge is 0.488 e. The topological polar surface area (TPSA) is 89.9 Å². The van der Waals surface area contributed by atoms with Crippen molar-refractivity contribution in [2.75, 3.05) is 18.1 Å². The summed E-state index contributed by atoms with van der Waals surface area (Å²) in [7, 11) is 0. The number of pyridine rings is 1. The van der Waals surface area contributed by atoms with E-state index in [4.69, 9.17) is 25.8 Å². The number of carbonyl (C=O) groups is 1. The molecule has 0 saturated carbocycles. The third-order valence-corrected chi connectivity index (χ3v) is 8.16. The highest BCUT2D eigenvalue weighted by Gasteiger charge is 2.50. The third-order valence-electron chi connectivity index (χ3n) is 6.84. The Morgan fingerprint density at radius 1 is 1.28 bits per heavy atom. The number of amides is 1. The molecule has 4 rings (SSSR count). The van der Waals surface area contributed by atoms with E-state index in [0.717, 1.165) is 11.4 Å². The van der Waals surface area contributed by atoms with E-state index in [-0.39, 0.29) is 29.5 Å². The zero-order valence-corrected chi connectivity index (χ0v) is 27.4. The number of anilines is 1. The lowest BCUT2D eigenvalue weighted by molar-refractivity contribution is -0.0760. The molecule has 0 bridgehead atoms. The number of aromatic nitrogens is 3. The fourth-order valence-corrected chi connectivity index (χ4v) is 6.09. The number of hydrogen-bond donors (Lipinski definition) is 0. The van der Waals surface area contributed by atoms with Crippen molar-refractivity contribution < 1.29 is 23.4 Å². The Kier molecular flexibility index (Phi) is 9.68. The minimum absolute atomic E-state index is 0.0248. The quantitative estimate of drug-likeness (QED) is 0.223. The van der Waals surface area contributed by atoms with Gasteiger partial charge in [-0.3, -0.25) is 4.90 Å². The lowest BCUT2D eigenvalue weighted by Crippen LogP contribution is -2.52. The first-order valence-corrected chi connectivity index (χ1v) is 15.3. The number of carbonyl (C=O) groups excluding carboxylic acids is 1. The number of nitrogens with zero attached hydrogens (tertiary/aromatic N) is 5. The molecule has 2 aromatic heterocycles. The zero-order valence-electron chi connectivity index (χ0n) is 25.9. The van der Waals surface area contributed by atoms with E-state index < -0.39 is 29.3 Å². The summed E-state index contributed by atoms with van der Waals surface area (Å²) in [5.74, 6) is 0.133. The van der Waals surface area contributed by atoms with Crippen molar-refractivity contribution in [2.24, 2.45) is 0 Å². The molecule has 12 heteroatoms. The van der Waals surface area contributed by atoms with Crippen LogP contribution >= 0.6 is 22.9 Å². The van der Waals surface area contributed by atoms with Gasteiger partial charge in [-0.25, -0.2) is 14.2 Å². The maximum Gasteiger partial charge on any atom is 0.413 e. The summed E-state index contributed by atoms with van der Waals surface area (Å²) in [5, 5.41) is 9.99. The Balaban J connectivity index is 1.53. The highest BCUT2D eigenvalue weighted by Crippen LogP contribution is 2.39. The summed E-state index contributed by atoms with van der Waals surface area (Å²) in [4.78, 5) is 21.2. The summed E-state index contributed by atoms with van der Waals surface area (Å²) in [6.45, 7) is 19.4. The summed E-state index contributed by atoms with van der Waals surface area (Å²) in [5.41, 5.74) is -0.386. The van der Waals surface area contributed by atoms with Crippen molar-refractivity contribution in [3.63, 3.8) is 0 Å². The zero-order chi connectivity index (χ0) is 31.7. The van der Waals surface area contributed by atoms with Crippen LogP contribution < -0.4 is 9.64 Å². The van der Waals surface area contributed by atoms with Crippen LogP contribution in [0.25, 0.3) is 21.1 Å². The Hall–Kier alpha value is -3.28. The van der Waals surface area contributed by atoms with Crippen LogP contribution in [0.4, 0.5) is 15.0 Å². The van der Waals surface area contributed by atoms with Crippen LogP contribution in [0.3, 0.4) is 0 Å². The van der Waals surface area contributed by atoms with E-state index in [1.54, 1.807) is 40.8 Å². The molecular weight excluding hydrogens is 593 g/mol. The van der Waals surface area contributed by atoms with E-state index in [0.29, 0.717) is 22.1 Å². The van der Waals surface area contributed by atoms with Gasteiger partial charge < -0.3 is 19.1 Å². The summed E-state index contributed by atoms with van der Waals surface area (Å²) in [6, 6.07) is 6.21. The van der Waals surface area contributed by atoms with Gasteiger partial charge in [0.05, 0.1) is 17.2 Å². The average Bonchev–Trinajstić information content (AvgIpc) is 3.48. The van der Waals surface area contributed by atoms with Crippen LogP contribution in [0.1, 0.15) is 55.4 Å². The molecule has 3 aromatic rings. The summed E-state index contributed by atoms with van der Waals surface area (Å²) < 4.78 is 32.8. The molecule has 1 amide bonds. The molecule has 2 unspecified atom stereocenters. The number of benzene rings is 1. The van der Waals surface area contributed by atoms with Gasteiger partial charge in [-0.1, -0.05) is 29.0 Å². The van der Waals surface area contributed by atoms with Gasteiger partial charge in [0.1, 0.15) is 33.8 Å². The first-order valence-electron chi connectivity index (χ1n) is 14.1. The standard InChI is InChI=1S/C31H39ClFN5O4S/c1-10-13-37(18(2)3)26-14-20(11-12-34-26)27-35-36-28(43-27)21-15-23(33)25(16-22(21)32)40-17-24-19(4)41-31(8,9)38(24)29(39)42-30(5,6)7/h10-12,14-16,18-19,24H,1,13,17H2,2-9H3. The molecule has 9 nitrogen and oxygen atoms in total. The predicted octanol–water partition coefficient (Wildman–Crippen LogP) is 7.60. The Morgan fingerprint density at radius 3 is 2.63 bits per heavy atom. The number of rotatable bonds is 9. The molecule has 1 saturated heterocycles. The second-order valence-corrected chi connectivity index (χ2v) is 13.5. The molecule has 1 aliphatic heterocycles. The lowest BCUT2D eigenvalue weighted by atomic mass is 10.1. The normalized spacial score (nSPS) is 18.2. The van der Waals surface area contributed by atoms with Crippen LogP contribution in [-0.2, 0) is 9.47 Å². The molecule has 3 heterocycles. The first-order chi connectivity index (χ1) is 20.1. The van der Waals surface area contributed by atoms with E-state index >= 15 is 4.39 Å². The van der Waals surface area contributed by atoms with Gasteiger partial charge in [0, 0.05) is 36.0 Å². The van der Waals surface area contributed by atoms with Gasteiger partial charge in [0.25, 0.3) is 0 Å². The summed E-state index contributed by atoms with van der Waals surface area (Å²) >= 11 is 7.90. The maximum absolute atomic E-state index is 15.4. The Morgan fingerprint density at radius 2 is 1.98 bits per heavy atom. The third kappa shape index (κ3) is 7.45. The van der Waals surface area contributed by atoms with E-state index in [1.807, 2.05) is 25.1 Å². The van der Waals surface area contributed by atoms with E-state index in [1.165, 1.54) is 28.4 Å². The smallest absolute Gasteiger partial charge is 0.413 e. The Bertz CT molecular complexity index is 1470.